The Bertz CT molecular complexity index is 840. The lowest BCUT2D eigenvalue weighted by molar-refractivity contribution is 0.168. The third-order valence-electron chi connectivity index (χ3n) is 3.92. The largest absolute Gasteiger partial charge is 0.291 e. The van der Waals surface area contributed by atoms with Crippen LogP contribution in [0.25, 0.3) is 0 Å². The molecule has 2 heterocycles. The Hall–Kier alpha value is -1.48. The lowest BCUT2D eigenvalue weighted by atomic mass is 10.1. The molecule has 1 N–H and O–H groups in total. The Kier molecular flexibility index (Phi) is 4.91. The second-order valence-corrected chi connectivity index (χ2v) is 8.20. The van der Waals surface area contributed by atoms with Crippen molar-refractivity contribution >= 4 is 21.6 Å². The number of fused-ring (bicyclic) bond motifs is 1. The van der Waals surface area contributed by atoms with Crippen LogP contribution in [-0.2, 0) is 23.1 Å². The standard InChI is InChI=1S/C15H18ClFN4O2S/c1-24(22,23)19-7-13-10-20(9-12-4-5-18-21(12)13)8-11-2-3-14(16)15(17)6-11/h2-6,13,19H,7-10H2,1H3. The van der Waals surface area contributed by atoms with Crippen molar-refractivity contribution < 1.29 is 12.8 Å². The molecule has 0 saturated heterocycles. The fourth-order valence-electron chi connectivity index (χ4n) is 2.88. The Balaban J connectivity index is 1.75. The van der Waals surface area contributed by atoms with Crippen molar-refractivity contribution in [2.24, 2.45) is 0 Å². The summed E-state index contributed by atoms with van der Waals surface area (Å²) in [4.78, 5) is 2.13. The molecular weight excluding hydrogens is 355 g/mol. The van der Waals surface area contributed by atoms with Gasteiger partial charge < -0.3 is 0 Å². The molecule has 130 valence electrons. The maximum atomic E-state index is 13.6. The fraction of sp³-hybridized carbons (Fsp3) is 0.400. The van der Waals surface area contributed by atoms with E-state index in [0.717, 1.165) is 17.5 Å². The van der Waals surface area contributed by atoms with E-state index in [1.54, 1.807) is 18.3 Å². The molecule has 0 amide bonds. The summed E-state index contributed by atoms with van der Waals surface area (Å²) in [6.45, 7) is 2.09. The first kappa shape index (κ1) is 17.3. The monoisotopic (exact) mass is 372 g/mol. The van der Waals surface area contributed by atoms with E-state index < -0.39 is 15.8 Å². The molecule has 0 radical (unpaired) electrons. The Morgan fingerprint density at radius 1 is 1.42 bits per heavy atom. The van der Waals surface area contributed by atoms with Crippen LogP contribution in [0.5, 0.6) is 0 Å². The fourth-order valence-corrected chi connectivity index (χ4v) is 3.49. The number of hydrogen-bond acceptors (Lipinski definition) is 4. The maximum absolute atomic E-state index is 13.6. The van der Waals surface area contributed by atoms with E-state index in [1.165, 1.54) is 6.07 Å². The zero-order valence-electron chi connectivity index (χ0n) is 13.1. The molecule has 0 spiro atoms. The highest BCUT2D eigenvalue weighted by atomic mass is 35.5. The third-order valence-corrected chi connectivity index (χ3v) is 4.92. The Morgan fingerprint density at radius 2 is 2.21 bits per heavy atom. The molecule has 1 aliphatic rings. The summed E-state index contributed by atoms with van der Waals surface area (Å²) >= 11 is 5.72. The minimum atomic E-state index is -3.27. The van der Waals surface area contributed by atoms with Gasteiger partial charge in [0.2, 0.25) is 10.0 Å². The Morgan fingerprint density at radius 3 is 2.92 bits per heavy atom. The third kappa shape index (κ3) is 4.13. The van der Waals surface area contributed by atoms with E-state index >= 15 is 0 Å². The predicted molar refractivity (Wildman–Crippen MR) is 89.6 cm³/mol. The van der Waals surface area contributed by atoms with E-state index in [2.05, 4.69) is 14.7 Å². The average molecular weight is 373 g/mol. The molecule has 1 unspecified atom stereocenters. The number of nitrogens with one attached hydrogen (secondary N) is 1. The van der Waals surface area contributed by atoms with Crippen LogP contribution in [-0.4, -0.2) is 42.4 Å². The zero-order chi connectivity index (χ0) is 17.3. The van der Waals surface area contributed by atoms with Crippen molar-refractivity contribution in [3.8, 4) is 0 Å². The highest BCUT2D eigenvalue weighted by Gasteiger charge is 2.26. The predicted octanol–water partition coefficient (Wildman–Crippen LogP) is 1.78. The normalized spacial score (nSPS) is 18.5. The minimum Gasteiger partial charge on any atom is -0.291 e. The van der Waals surface area contributed by atoms with Gasteiger partial charge in [-0.1, -0.05) is 17.7 Å². The van der Waals surface area contributed by atoms with Crippen molar-refractivity contribution in [3.63, 3.8) is 0 Å². The van der Waals surface area contributed by atoms with Crippen LogP contribution in [0.15, 0.2) is 30.5 Å². The van der Waals surface area contributed by atoms with Gasteiger partial charge in [0.1, 0.15) is 5.82 Å². The molecule has 1 aliphatic heterocycles. The lowest BCUT2D eigenvalue weighted by Crippen LogP contribution is -2.42. The first-order valence-electron chi connectivity index (χ1n) is 7.45. The van der Waals surface area contributed by atoms with Gasteiger partial charge in [0, 0.05) is 32.4 Å². The van der Waals surface area contributed by atoms with Gasteiger partial charge in [-0.2, -0.15) is 5.10 Å². The second kappa shape index (κ2) is 6.79. The molecule has 3 rings (SSSR count). The highest BCUT2D eigenvalue weighted by Crippen LogP contribution is 2.23. The van der Waals surface area contributed by atoms with Crippen LogP contribution in [0.1, 0.15) is 17.3 Å². The van der Waals surface area contributed by atoms with E-state index in [0.29, 0.717) is 19.6 Å². The number of rotatable bonds is 5. The molecule has 1 aromatic heterocycles. The second-order valence-electron chi connectivity index (χ2n) is 5.96. The van der Waals surface area contributed by atoms with Gasteiger partial charge in [-0.3, -0.25) is 9.58 Å². The topological polar surface area (TPSA) is 67.2 Å². The van der Waals surface area contributed by atoms with Crippen LogP contribution in [0.3, 0.4) is 0 Å². The van der Waals surface area contributed by atoms with Gasteiger partial charge in [0.15, 0.2) is 0 Å². The van der Waals surface area contributed by atoms with Crippen molar-refractivity contribution in [2.75, 3.05) is 19.3 Å². The molecule has 2 aromatic rings. The molecule has 0 fully saturated rings. The first-order chi connectivity index (χ1) is 11.3. The van der Waals surface area contributed by atoms with E-state index in [9.17, 15) is 12.8 Å². The summed E-state index contributed by atoms with van der Waals surface area (Å²) in [5, 5.41) is 4.39. The van der Waals surface area contributed by atoms with Gasteiger partial charge in [0.25, 0.3) is 0 Å². The van der Waals surface area contributed by atoms with E-state index in [4.69, 9.17) is 11.6 Å². The summed E-state index contributed by atoms with van der Waals surface area (Å²) in [7, 11) is -3.27. The molecule has 9 heteroatoms. The molecule has 6 nitrogen and oxygen atoms in total. The molecular formula is C15H18ClFN4O2S. The summed E-state index contributed by atoms with van der Waals surface area (Å²) in [6, 6.07) is 6.56. The van der Waals surface area contributed by atoms with Crippen molar-refractivity contribution in [2.45, 2.75) is 19.1 Å². The van der Waals surface area contributed by atoms with Crippen molar-refractivity contribution in [1.29, 1.82) is 0 Å². The molecule has 0 aliphatic carbocycles. The average Bonchev–Trinajstić information content (AvgIpc) is 2.96. The van der Waals surface area contributed by atoms with Crippen LogP contribution in [0.2, 0.25) is 5.02 Å². The number of aromatic nitrogens is 2. The van der Waals surface area contributed by atoms with Crippen molar-refractivity contribution in [3.05, 3.63) is 52.6 Å². The molecule has 1 atom stereocenters. The van der Waals surface area contributed by atoms with Crippen LogP contribution < -0.4 is 4.72 Å². The zero-order valence-corrected chi connectivity index (χ0v) is 14.7. The van der Waals surface area contributed by atoms with Crippen LogP contribution in [0, 0.1) is 5.82 Å². The van der Waals surface area contributed by atoms with Crippen LogP contribution in [0.4, 0.5) is 4.39 Å². The van der Waals surface area contributed by atoms with Crippen LogP contribution >= 0.6 is 11.6 Å². The van der Waals surface area contributed by atoms with E-state index in [1.807, 2.05) is 10.7 Å². The SMILES string of the molecule is CS(=O)(=O)NCC1CN(Cc2ccc(Cl)c(F)c2)Cc2ccnn21. The van der Waals surface area contributed by atoms with E-state index in [-0.39, 0.29) is 17.6 Å². The molecule has 1 aromatic carbocycles. The van der Waals surface area contributed by atoms with Gasteiger partial charge in [0.05, 0.1) is 23.0 Å². The van der Waals surface area contributed by atoms with Gasteiger partial charge in [-0.25, -0.2) is 17.5 Å². The van der Waals surface area contributed by atoms with Gasteiger partial charge in [-0.05, 0) is 23.8 Å². The highest BCUT2D eigenvalue weighted by molar-refractivity contribution is 7.88. The summed E-state index contributed by atoms with van der Waals surface area (Å²) in [5.74, 6) is -0.438. The summed E-state index contributed by atoms with van der Waals surface area (Å²) < 4.78 is 40.7. The number of halogens is 2. The molecule has 24 heavy (non-hydrogen) atoms. The van der Waals surface area contributed by atoms with Gasteiger partial charge in [-0.15, -0.1) is 0 Å². The van der Waals surface area contributed by atoms with Gasteiger partial charge >= 0.3 is 0 Å². The summed E-state index contributed by atoms with van der Waals surface area (Å²) in [5.41, 5.74) is 1.82. The molecule has 0 bridgehead atoms. The number of hydrogen-bond donors (Lipinski definition) is 1. The first-order valence-corrected chi connectivity index (χ1v) is 9.72. The smallest absolute Gasteiger partial charge is 0.208 e. The quantitative estimate of drug-likeness (QED) is 0.868. The maximum Gasteiger partial charge on any atom is 0.208 e. The number of sulfonamides is 1. The number of benzene rings is 1. The lowest BCUT2D eigenvalue weighted by Gasteiger charge is -2.34. The number of nitrogens with zero attached hydrogens (tertiary/aromatic N) is 3. The Labute approximate surface area is 145 Å². The van der Waals surface area contributed by atoms with Crippen molar-refractivity contribution in [1.82, 2.24) is 19.4 Å². The summed E-state index contributed by atoms with van der Waals surface area (Å²) in [6.07, 6.45) is 2.84. The molecule has 0 saturated carbocycles. The minimum absolute atomic E-state index is 0.102.